The van der Waals surface area contributed by atoms with E-state index in [0.29, 0.717) is 32.1 Å². The van der Waals surface area contributed by atoms with Crippen LogP contribution in [0, 0.1) is 11.8 Å². The standard InChI is InChI=1S/C46H78O16P2/c1-3-5-7-8-9-10-11-12-13-14-15-16-17-18-19-20-26-30-46(52)62-40(37-61-64(56,57)60-35-39(48)34-59-63(53,54)55)36-58-45(51)29-25-22-21-24-28-41-42(44(50)33-43(41)49)32-31-38(47)27-23-6-4-2/h9-10,12-13,15-16,21,24,31-32,38-42,44,47-48,50H,3-8,11,14,17-20,22-23,25-30,33-37H2,1-2H3,(H,56,57)(H2,53,54,55)/b10-9-,13-12-,16-15-,24-21-,32-31+/t38-,39-,40+,41+,42+,44+/m0/s1. The van der Waals surface area contributed by atoms with E-state index < -0.39 is 84.3 Å². The third-order valence-electron chi connectivity index (χ3n) is 10.2. The van der Waals surface area contributed by atoms with Gasteiger partial charge in [0.2, 0.25) is 0 Å². The number of allylic oxidation sites excluding steroid dienone is 8. The van der Waals surface area contributed by atoms with Gasteiger partial charge < -0.3 is 39.5 Å². The molecule has 0 aromatic heterocycles. The van der Waals surface area contributed by atoms with E-state index in [1.807, 2.05) is 12.2 Å². The van der Waals surface area contributed by atoms with Crippen LogP contribution in [0.2, 0.25) is 0 Å². The lowest BCUT2D eigenvalue weighted by molar-refractivity contribution is -0.161. The van der Waals surface area contributed by atoms with Gasteiger partial charge in [0.1, 0.15) is 18.5 Å². The summed E-state index contributed by atoms with van der Waals surface area (Å²) < 4.78 is 47.8. The van der Waals surface area contributed by atoms with Gasteiger partial charge in [-0.1, -0.05) is 120 Å². The Balaban J connectivity index is 2.57. The molecule has 1 rings (SSSR count). The third-order valence-corrected chi connectivity index (χ3v) is 11.7. The molecule has 64 heavy (non-hydrogen) atoms. The smallest absolute Gasteiger partial charge is 0.462 e. The van der Waals surface area contributed by atoms with Gasteiger partial charge in [0, 0.05) is 31.1 Å². The normalized spacial score (nSPS) is 19.7. The molecule has 0 heterocycles. The van der Waals surface area contributed by atoms with Crippen molar-refractivity contribution in [3.8, 4) is 0 Å². The summed E-state index contributed by atoms with van der Waals surface area (Å²) in [6.45, 7) is 1.29. The second-order valence-corrected chi connectivity index (χ2v) is 18.8. The summed E-state index contributed by atoms with van der Waals surface area (Å²) in [6.07, 6.45) is 31.5. The van der Waals surface area contributed by atoms with Crippen LogP contribution in [0.5, 0.6) is 0 Å². The summed E-state index contributed by atoms with van der Waals surface area (Å²) in [6, 6.07) is 0. The minimum absolute atomic E-state index is 0.00681. The van der Waals surface area contributed by atoms with Crippen LogP contribution in [-0.2, 0) is 46.6 Å². The molecule has 0 radical (unpaired) electrons. The second kappa shape index (κ2) is 36.5. The van der Waals surface area contributed by atoms with E-state index in [-0.39, 0.29) is 31.0 Å². The SMILES string of the molecule is CCCCC/C=C\C/C=C\C/C=C\CCCCCCC(=O)O[C@H](COC(=O)CCC/C=C\C[C@H]1C(=O)C[C@@H](O)[C@@H]1/C=C/[C@@H](O)CCCCC)COP(=O)(O)OC[C@@H](O)COP(=O)(O)O. The summed E-state index contributed by atoms with van der Waals surface area (Å²) >= 11 is 0. The first kappa shape index (κ1) is 59.4. The number of hydrogen-bond donors (Lipinski definition) is 6. The Bertz CT molecular complexity index is 1520. The van der Waals surface area contributed by atoms with E-state index in [1.165, 1.54) is 19.3 Å². The Kier molecular flexibility index (Phi) is 33.9. The number of ketones is 1. The minimum atomic E-state index is -4.90. The van der Waals surface area contributed by atoms with Crippen LogP contribution in [0.25, 0.3) is 0 Å². The molecule has 0 saturated heterocycles. The number of rotatable bonds is 39. The number of unbranched alkanes of at least 4 members (excludes halogenated alkanes) is 10. The summed E-state index contributed by atoms with van der Waals surface area (Å²) in [4.78, 5) is 65.5. The molecule has 0 aromatic carbocycles. The average molecular weight is 949 g/mol. The number of Topliss-reactive ketones (excluding diaryl/α,β-unsaturated/α-hetero) is 1. The Morgan fingerprint density at radius 1 is 0.688 bits per heavy atom. The molecule has 1 unspecified atom stereocenters. The fourth-order valence-electron chi connectivity index (χ4n) is 6.63. The molecule has 368 valence electrons. The lowest BCUT2D eigenvalue weighted by Crippen LogP contribution is -2.30. The van der Waals surface area contributed by atoms with Gasteiger partial charge in [0.25, 0.3) is 0 Å². The third kappa shape index (κ3) is 33.0. The zero-order valence-corrected chi connectivity index (χ0v) is 39.9. The summed E-state index contributed by atoms with van der Waals surface area (Å²) in [5.41, 5.74) is 0. The highest BCUT2D eigenvalue weighted by Gasteiger charge is 2.39. The predicted octanol–water partition coefficient (Wildman–Crippen LogP) is 8.60. The van der Waals surface area contributed by atoms with Crippen molar-refractivity contribution in [3.05, 3.63) is 60.8 Å². The number of aliphatic hydroxyl groups is 3. The van der Waals surface area contributed by atoms with Crippen LogP contribution in [-0.4, -0.2) is 98.6 Å². The number of carbonyl (C=O) groups excluding carboxylic acids is 3. The molecular formula is C46H78O16P2. The lowest BCUT2D eigenvalue weighted by atomic mass is 9.90. The predicted molar refractivity (Wildman–Crippen MR) is 245 cm³/mol. The summed E-state index contributed by atoms with van der Waals surface area (Å²) in [5, 5.41) is 30.5. The number of carbonyl (C=O) groups is 3. The number of hydrogen-bond acceptors (Lipinski definition) is 13. The summed E-state index contributed by atoms with van der Waals surface area (Å²) in [5.74, 6) is -2.10. The first-order chi connectivity index (χ1) is 30.6. The number of phosphoric ester groups is 2. The van der Waals surface area contributed by atoms with Crippen LogP contribution >= 0.6 is 15.6 Å². The van der Waals surface area contributed by atoms with Crippen molar-refractivity contribution < 1.29 is 76.6 Å². The minimum Gasteiger partial charge on any atom is -0.462 e. The van der Waals surface area contributed by atoms with Gasteiger partial charge in [-0.25, -0.2) is 9.13 Å². The van der Waals surface area contributed by atoms with Gasteiger partial charge in [0.05, 0.1) is 32.0 Å². The van der Waals surface area contributed by atoms with E-state index in [9.17, 15) is 43.7 Å². The largest absolute Gasteiger partial charge is 0.472 e. The molecule has 1 aliphatic rings. The molecule has 6 N–H and O–H groups in total. The van der Waals surface area contributed by atoms with Crippen LogP contribution in [0.1, 0.15) is 149 Å². The van der Waals surface area contributed by atoms with Crippen molar-refractivity contribution in [2.24, 2.45) is 11.8 Å². The maximum absolute atomic E-state index is 12.7. The monoisotopic (exact) mass is 948 g/mol. The van der Waals surface area contributed by atoms with E-state index in [0.717, 1.165) is 64.2 Å². The van der Waals surface area contributed by atoms with Gasteiger partial charge >= 0.3 is 27.6 Å². The molecule has 0 bridgehead atoms. The van der Waals surface area contributed by atoms with Crippen LogP contribution in [0.4, 0.5) is 0 Å². The molecule has 1 saturated carbocycles. The fraction of sp³-hybridized carbons (Fsp3) is 0.717. The lowest BCUT2D eigenvalue weighted by Gasteiger charge is -2.20. The quantitative estimate of drug-likeness (QED) is 0.0146. The van der Waals surface area contributed by atoms with Crippen molar-refractivity contribution in [1.82, 2.24) is 0 Å². The van der Waals surface area contributed by atoms with Crippen LogP contribution < -0.4 is 0 Å². The molecule has 1 fully saturated rings. The first-order valence-electron chi connectivity index (χ1n) is 23.1. The molecule has 7 atom stereocenters. The van der Waals surface area contributed by atoms with Crippen LogP contribution in [0.15, 0.2) is 60.8 Å². The molecule has 0 spiro atoms. The number of phosphoric acid groups is 2. The number of esters is 2. The zero-order valence-electron chi connectivity index (χ0n) is 38.1. The molecule has 16 nitrogen and oxygen atoms in total. The molecular weight excluding hydrogens is 870 g/mol. The zero-order chi connectivity index (χ0) is 47.5. The highest BCUT2D eigenvalue weighted by Crippen LogP contribution is 2.44. The van der Waals surface area contributed by atoms with E-state index in [4.69, 9.17) is 23.8 Å². The number of ether oxygens (including phenoxy) is 2. The van der Waals surface area contributed by atoms with Gasteiger partial charge in [-0.2, -0.15) is 0 Å². The summed E-state index contributed by atoms with van der Waals surface area (Å²) in [7, 11) is -9.79. The van der Waals surface area contributed by atoms with Crippen LogP contribution in [0.3, 0.4) is 0 Å². The van der Waals surface area contributed by atoms with Crippen molar-refractivity contribution in [1.29, 1.82) is 0 Å². The second-order valence-electron chi connectivity index (χ2n) is 16.1. The Labute approximate surface area is 381 Å². The van der Waals surface area contributed by atoms with Gasteiger partial charge in [-0.3, -0.25) is 28.0 Å². The highest BCUT2D eigenvalue weighted by atomic mass is 31.2. The first-order valence-corrected chi connectivity index (χ1v) is 26.1. The molecule has 0 aromatic rings. The molecule has 0 amide bonds. The van der Waals surface area contributed by atoms with E-state index in [2.05, 4.69) is 59.4 Å². The molecule has 0 aliphatic heterocycles. The van der Waals surface area contributed by atoms with Gasteiger partial charge in [-0.05, 0) is 70.6 Å². The van der Waals surface area contributed by atoms with Gasteiger partial charge in [-0.15, -0.1) is 0 Å². The fourth-order valence-corrected chi connectivity index (χ4v) is 7.78. The van der Waals surface area contributed by atoms with E-state index >= 15 is 0 Å². The van der Waals surface area contributed by atoms with E-state index in [1.54, 1.807) is 12.2 Å². The average Bonchev–Trinajstić information content (AvgIpc) is 3.51. The number of aliphatic hydroxyl groups excluding tert-OH is 3. The Morgan fingerprint density at radius 2 is 1.25 bits per heavy atom. The van der Waals surface area contributed by atoms with Crippen molar-refractivity contribution in [3.63, 3.8) is 0 Å². The van der Waals surface area contributed by atoms with Crippen molar-refractivity contribution in [2.45, 2.75) is 173 Å². The van der Waals surface area contributed by atoms with Crippen molar-refractivity contribution in [2.75, 3.05) is 26.4 Å². The maximum atomic E-state index is 12.7. The topological polar surface area (TPSA) is 253 Å². The molecule has 18 heteroatoms. The Hall–Kier alpha value is -2.59. The Morgan fingerprint density at radius 3 is 1.92 bits per heavy atom. The van der Waals surface area contributed by atoms with Crippen molar-refractivity contribution >= 4 is 33.4 Å². The highest BCUT2D eigenvalue weighted by molar-refractivity contribution is 7.47. The maximum Gasteiger partial charge on any atom is 0.472 e. The van der Waals surface area contributed by atoms with Gasteiger partial charge in [0.15, 0.2) is 6.10 Å². The molecule has 1 aliphatic carbocycles.